The van der Waals surface area contributed by atoms with Crippen molar-refractivity contribution in [3.05, 3.63) is 30.3 Å². The Kier molecular flexibility index (Phi) is 4.25. The van der Waals surface area contributed by atoms with Gasteiger partial charge in [0.05, 0.1) is 6.10 Å². The summed E-state index contributed by atoms with van der Waals surface area (Å²) in [5, 5.41) is 10.0. The maximum atomic E-state index is 9.40. The number of nitrogens with zero attached hydrogens (tertiary/aromatic N) is 1. The molecule has 1 unspecified atom stereocenters. The highest BCUT2D eigenvalue weighted by Crippen LogP contribution is 2.11. The van der Waals surface area contributed by atoms with Gasteiger partial charge in [-0.3, -0.25) is 0 Å². The van der Waals surface area contributed by atoms with Crippen LogP contribution in [0, 0.1) is 0 Å². The Bertz CT molecular complexity index is 240. The van der Waals surface area contributed by atoms with Crippen LogP contribution in [-0.2, 0) is 0 Å². The molecule has 0 fully saturated rings. The van der Waals surface area contributed by atoms with E-state index in [2.05, 4.69) is 15.9 Å². The molecule has 1 rings (SSSR count). The molecule has 0 aliphatic heterocycles. The lowest BCUT2D eigenvalue weighted by molar-refractivity contribution is 0.207. The fourth-order valence-corrected chi connectivity index (χ4v) is 1.36. The highest BCUT2D eigenvalue weighted by Gasteiger charge is 2.06. The number of hydrogen-bond acceptors (Lipinski definition) is 2. The molecule has 2 nitrogen and oxygen atoms in total. The summed E-state index contributed by atoms with van der Waals surface area (Å²) in [4.78, 5) is 2.03. The minimum Gasteiger partial charge on any atom is -0.390 e. The van der Waals surface area contributed by atoms with Crippen LogP contribution in [0.1, 0.15) is 0 Å². The molecule has 0 aromatic heterocycles. The molecule has 0 amide bonds. The first-order chi connectivity index (χ1) is 6.24. The summed E-state index contributed by atoms with van der Waals surface area (Å²) in [6.07, 6.45) is -0.315. The van der Waals surface area contributed by atoms with E-state index in [1.165, 1.54) is 0 Å². The molecule has 1 N–H and O–H groups in total. The number of rotatable bonds is 4. The van der Waals surface area contributed by atoms with E-state index >= 15 is 0 Å². The van der Waals surface area contributed by atoms with E-state index < -0.39 is 0 Å². The Morgan fingerprint density at radius 1 is 1.38 bits per heavy atom. The van der Waals surface area contributed by atoms with Crippen LogP contribution in [0.5, 0.6) is 0 Å². The van der Waals surface area contributed by atoms with Crippen LogP contribution in [0.4, 0.5) is 5.69 Å². The van der Waals surface area contributed by atoms with Crippen molar-refractivity contribution in [3.63, 3.8) is 0 Å². The van der Waals surface area contributed by atoms with Gasteiger partial charge in [0.1, 0.15) is 0 Å². The van der Waals surface area contributed by atoms with Gasteiger partial charge in [-0.15, -0.1) is 0 Å². The maximum Gasteiger partial charge on any atom is 0.0811 e. The van der Waals surface area contributed by atoms with Gasteiger partial charge in [0, 0.05) is 24.6 Å². The number of benzene rings is 1. The molecular formula is C10H14BrNO. The molecule has 1 aromatic rings. The van der Waals surface area contributed by atoms with Crippen LogP contribution in [0.3, 0.4) is 0 Å². The standard InChI is InChI=1S/C10H14BrNO/c1-12(8-10(13)7-11)9-5-3-2-4-6-9/h2-6,10,13H,7-8H2,1H3. The molecule has 1 atom stereocenters. The third kappa shape index (κ3) is 3.36. The Morgan fingerprint density at radius 3 is 2.54 bits per heavy atom. The number of para-hydroxylation sites is 1. The lowest BCUT2D eigenvalue weighted by Crippen LogP contribution is -2.29. The van der Waals surface area contributed by atoms with Gasteiger partial charge in [0.2, 0.25) is 0 Å². The fraction of sp³-hybridized carbons (Fsp3) is 0.400. The molecule has 1 aromatic carbocycles. The summed E-state index contributed by atoms with van der Waals surface area (Å²) in [5.74, 6) is 0. The van der Waals surface area contributed by atoms with Crippen molar-refractivity contribution in [2.45, 2.75) is 6.10 Å². The van der Waals surface area contributed by atoms with E-state index in [4.69, 9.17) is 0 Å². The monoisotopic (exact) mass is 243 g/mol. The zero-order valence-corrected chi connectivity index (χ0v) is 9.24. The van der Waals surface area contributed by atoms with E-state index in [0.29, 0.717) is 11.9 Å². The van der Waals surface area contributed by atoms with Crippen molar-refractivity contribution in [2.24, 2.45) is 0 Å². The second-order valence-electron chi connectivity index (χ2n) is 3.02. The van der Waals surface area contributed by atoms with E-state index in [-0.39, 0.29) is 6.10 Å². The smallest absolute Gasteiger partial charge is 0.0811 e. The summed E-state index contributed by atoms with van der Waals surface area (Å²) < 4.78 is 0. The number of aliphatic hydroxyl groups is 1. The van der Waals surface area contributed by atoms with Crippen molar-refractivity contribution in [1.82, 2.24) is 0 Å². The third-order valence-corrected chi connectivity index (χ3v) is 2.61. The average molecular weight is 244 g/mol. The van der Waals surface area contributed by atoms with E-state index in [9.17, 15) is 5.11 Å². The normalized spacial score (nSPS) is 12.5. The molecule has 0 bridgehead atoms. The minimum absolute atomic E-state index is 0.315. The van der Waals surface area contributed by atoms with Crippen LogP contribution in [-0.4, -0.2) is 30.1 Å². The first-order valence-electron chi connectivity index (χ1n) is 4.24. The van der Waals surface area contributed by atoms with Crippen molar-refractivity contribution in [3.8, 4) is 0 Å². The van der Waals surface area contributed by atoms with Gasteiger partial charge in [0.15, 0.2) is 0 Å². The van der Waals surface area contributed by atoms with E-state index in [0.717, 1.165) is 5.69 Å². The molecule has 0 spiro atoms. The number of likely N-dealkylation sites (N-methyl/N-ethyl adjacent to an activating group) is 1. The first-order valence-corrected chi connectivity index (χ1v) is 5.36. The van der Waals surface area contributed by atoms with Crippen LogP contribution >= 0.6 is 15.9 Å². The summed E-state index contributed by atoms with van der Waals surface area (Å²) in [6.45, 7) is 0.648. The largest absolute Gasteiger partial charge is 0.390 e. The quantitative estimate of drug-likeness (QED) is 0.817. The Morgan fingerprint density at radius 2 is 2.00 bits per heavy atom. The Labute approximate surface area is 87.3 Å². The summed E-state index contributed by atoms with van der Waals surface area (Å²) >= 11 is 3.24. The third-order valence-electron chi connectivity index (χ3n) is 1.86. The minimum atomic E-state index is -0.315. The molecule has 13 heavy (non-hydrogen) atoms. The Balaban J connectivity index is 2.53. The number of alkyl halides is 1. The van der Waals surface area contributed by atoms with Crippen LogP contribution in [0.25, 0.3) is 0 Å². The van der Waals surface area contributed by atoms with Gasteiger partial charge in [-0.05, 0) is 12.1 Å². The van der Waals surface area contributed by atoms with Gasteiger partial charge in [-0.25, -0.2) is 0 Å². The molecule has 0 aliphatic rings. The number of hydrogen-bond donors (Lipinski definition) is 1. The number of anilines is 1. The predicted molar refractivity (Wildman–Crippen MR) is 59.5 cm³/mol. The van der Waals surface area contributed by atoms with Crippen molar-refractivity contribution < 1.29 is 5.11 Å². The lowest BCUT2D eigenvalue weighted by atomic mass is 10.3. The molecule has 72 valence electrons. The van der Waals surface area contributed by atoms with Crippen molar-refractivity contribution >= 4 is 21.6 Å². The van der Waals surface area contributed by atoms with Gasteiger partial charge in [-0.1, -0.05) is 34.1 Å². The van der Waals surface area contributed by atoms with Crippen LogP contribution < -0.4 is 4.90 Å². The highest BCUT2D eigenvalue weighted by molar-refractivity contribution is 9.09. The van der Waals surface area contributed by atoms with E-state index in [1.807, 2.05) is 42.3 Å². The molecule has 0 radical (unpaired) electrons. The Hall–Kier alpha value is -0.540. The number of aliphatic hydroxyl groups excluding tert-OH is 1. The molecule has 0 saturated carbocycles. The van der Waals surface area contributed by atoms with Crippen molar-refractivity contribution in [1.29, 1.82) is 0 Å². The second-order valence-corrected chi connectivity index (χ2v) is 3.67. The topological polar surface area (TPSA) is 23.5 Å². The zero-order chi connectivity index (χ0) is 9.68. The number of halogens is 1. The molecule has 0 heterocycles. The summed E-state index contributed by atoms with van der Waals surface area (Å²) in [7, 11) is 1.97. The maximum absolute atomic E-state index is 9.40. The van der Waals surface area contributed by atoms with Crippen molar-refractivity contribution in [2.75, 3.05) is 23.8 Å². The van der Waals surface area contributed by atoms with Gasteiger partial charge in [0.25, 0.3) is 0 Å². The van der Waals surface area contributed by atoms with Gasteiger partial charge in [-0.2, -0.15) is 0 Å². The predicted octanol–water partition coefficient (Wildman–Crippen LogP) is 1.88. The molecular weight excluding hydrogens is 230 g/mol. The van der Waals surface area contributed by atoms with Crippen LogP contribution in [0.15, 0.2) is 30.3 Å². The summed E-state index contributed by atoms with van der Waals surface area (Å²) in [6, 6.07) is 10.0. The first kappa shape index (κ1) is 10.5. The molecule has 0 aliphatic carbocycles. The second kappa shape index (κ2) is 5.25. The molecule has 3 heteroatoms. The SMILES string of the molecule is CN(CC(O)CBr)c1ccccc1. The summed E-state index contributed by atoms with van der Waals surface area (Å²) in [5.41, 5.74) is 1.13. The average Bonchev–Trinajstić information content (AvgIpc) is 2.19. The molecule has 0 saturated heterocycles. The van der Waals surface area contributed by atoms with Gasteiger partial charge < -0.3 is 10.0 Å². The van der Waals surface area contributed by atoms with Crippen LogP contribution in [0.2, 0.25) is 0 Å². The van der Waals surface area contributed by atoms with E-state index in [1.54, 1.807) is 0 Å². The van der Waals surface area contributed by atoms with Gasteiger partial charge >= 0.3 is 0 Å². The zero-order valence-electron chi connectivity index (χ0n) is 7.65. The lowest BCUT2D eigenvalue weighted by Gasteiger charge is -2.21. The fourth-order valence-electron chi connectivity index (χ4n) is 1.15. The highest BCUT2D eigenvalue weighted by atomic mass is 79.9.